The molecule has 6 nitrogen and oxygen atoms in total. The van der Waals surface area contributed by atoms with E-state index in [1.807, 2.05) is 20.8 Å². The van der Waals surface area contributed by atoms with E-state index >= 15 is 0 Å². The maximum Gasteiger partial charge on any atom is 0.329 e. The summed E-state index contributed by atoms with van der Waals surface area (Å²) in [5.74, 6) is 0.976. The zero-order valence-electron chi connectivity index (χ0n) is 8.97. The van der Waals surface area contributed by atoms with E-state index in [2.05, 4.69) is 9.97 Å². The molecule has 1 aromatic heterocycles. The van der Waals surface area contributed by atoms with Gasteiger partial charge in [0.2, 0.25) is 5.82 Å². The summed E-state index contributed by atoms with van der Waals surface area (Å²) in [4.78, 5) is 17.8. The standard InChI is InChI=1S/C9H14N4O2/c1-5(2)6(3)9-11-4-7(13(14)15)8(10)12-9/h4-6H,1-3H3,(H2,10,11,12). The zero-order valence-corrected chi connectivity index (χ0v) is 8.97. The summed E-state index contributed by atoms with van der Waals surface area (Å²) in [5, 5.41) is 10.5. The fraction of sp³-hybridized carbons (Fsp3) is 0.556. The van der Waals surface area contributed by atoms with Crippen molar-refractivity contribution in [1.29, 1.82) is 0 Å². The first-order valence-electron chi connectivity index (χ1n) is 4.70. The van der Waals surface area contributed by atoms with Crippen molar-refractivity contribution in [3.8, 4) is 0 Å². The SMILES string of the molecule is CC(C)C(C)c1ncc([N+](=O)[O-])c(N)n1. The third-order valence-electron chi connectivity index (χ3n) is 2.42. The molecule has 0 aromatic carbocycles. The molecule has 0 radical (unpaired) electrons. The van der Waals surface area contributed by atoms with Crippen LogP contribution in [0.4, 0.5) is 11.5 Å². The molecule has 0 aliphatic heterocycles. The van der Waals surface area contributed by atoms with Gasteiger partial charge in [0, 0.05) is 5.92 Å². The van der Waals surface area contributed by atoms with Gasteiger partial charge in [0.1, 0.15) is 12.0 Å². The van der Waals surface area contributed by atoms with Crippen molar-refractivity contribution >= 4 is 11.5 Å². The molecule has 0 spiro atoms. The number of rotatable bonds is 3. The number of nitrogens with zero attached hydrogens (tertiary/aromatic N) is 3. The van der Waals surface area contributed by atoms with Crippen LogP contribution in [0.15, 0.2) is 6.20 Å². The highest BCUT2D eigenvalue weighted by Crippen LogP contribution is 2.24. The van der Waals surface area contributed by atoms with Gasteiger partial charge in [0.15, 0.2) is 0 Å². The maximum absolute atomic E-state index is 10.5. The Labute approximate surface area is 87.7 Å². The van der Waals surface area contributed by atoms with Gasteiger partial charge in [-0.1, -0.05) is 20.8 Å². The van der Waals surface area contributed by atoms with Crippen LogP contribution in [0.3, 0.4) is 0 Å². The molecule has 0 aliphatic rings. The Morgan fingerprint density at radius 3 is 2.47 bits per heavy atom. The second kappa shape index (κ2) is 4.20. The smallest absolute Gasteiger partial charge is 0.329 e. The predicted molar refractivity (Wildman–Crippen MR) is 56.4 cm³/mol. The Hall–Kier alpha value is -1.72. The van der Waals surface area contributed by atoms with Crippen molar-refractivity contribution < 1.29 is 4.92 Å². The van der Waals surface area contributed by atoms with Gasteiger partial charge in [-0.25, -0.2) is 9.97 Å². The van der Waals surface area contributed by atoms with Crippen LogP contribution in [-0.4, -0.2) is 14.9 Å². The summed E-state index contributed by atoms with van der Waals surface area (Å²) >= 11 is 0. The van der Waals surface area contributed by atoms with Gasteiger partial charge in [0.25, 0.3) is 0 Å². The molecule has 0 saturated carbocycles. The van der Waals surface area contributed by atoms with E-state index in [-0.39, 0.29) is 17.4 Å². The highest BCUT2D eigenvalue weighted by Gasteiger charge is 2.18. The molecule has 1 heterocycles. The molecular formula is C9H14N4O2. The van der Waals surface area contributed by atoms with Gasteiger partial charge in [-0.3, -0.25) is 10.1 Å². The molecule has 1 aromatic rings. The molecule has 1 rings (SSSR count). The van der Waals surface area contributed by atoms with E-state index < -0.39 is 4.92 Å². The maximum atomic E-state index is 10.5. The quantitative estimate of drug-likeness (QED) is 0.605. The van der Waals surface area contributed by atoms with E-state index in [1.165, 1.54) is 0 Å². The van der Waals surface area contributed by atoms with Crippen LogP contribution in [0.2, 0.25) is 0 Å². The fourth-order valence-corrected chi connectivity index (χ4v) is 1.06. The Balaban J connectivity index is 3.06. The molecule has 0 bridgehead atoms. The van der Waals surface area contributed by atoms with Crippen LogP contribution in [0.25, 0.3) is 0 Å². The lowest BCUT2D eigenvalue weighted by atomic mass is 9.97. The van der Waals surface area contributed by atoms with Crippen molar-refractivity contribution in [2.75, 3.05) is 5.73 Å². The summed E-state index contributed by atoms with van der Waals surface area (Å²) in [5.41, 5.74) is 5.23. The van der Waals surface area contributed by atoms with Crippen molar-refractivity contribution in [2.24, 2.45) is 5.92 Å². The van der Waals surface area contributed by atoms with Gasteiger partial charge < -0.3 is 5.73 Å². The summed E-state index contributed by atoms with van der Waals surface area (Å²) in [6.45, 7) is 6.03. The topological polar surface area (TPSA) is 94.9 Å². The molecular weight excluding hydrogens is 196 g/mol. The highest BCUT2D eigenvalue weighted by molar-refractivity contribution is 5.50. The van der Waals surface area contributed by atoms with Crippen molar-refractivity contribution in [2.45, 2.75) is 26.7 Å². The van der Waals surface area contributed by atoms with Crippen molar-refractivity contribution in [1.82, 2.24) is 9.97 Å². The zero-order chi connectivity index (χ0) is 11.6. The van der Waals surface area contributed by atoms with Crippen LogP contribution in [0.5, 0.6) is 0 Å². The van der Waals surface area contributed by atoms with Gasteiger partial charge in [-0.05, 0) is 5.92 Å². The molecule has 0 saturated heterocycles. The molecule has 6 heteroatoms. The van der Waals surface area contributed by atoms with Gasteiger partial charge in [-0.15, -0.1) is 0 Å². The monoisotopic (exact) mass is 210 g/mol. The number of nitrogen functional groups attached to an aromatic ring is 1. The first-order valence-corrected chi connectivity index (χ1v) is 4.70. The predicted octanol–water partition coefficient (Wildman–Crippen LogP) is 1.73. The highest BCUT2D eigenvalue weighted by atomic mass is 16.6. The summed E-state index contributed by atoms with van der Waals surface area (Å²) in [6, 6.07) is 0. The molecule has 0 fully saturated rings. The average Bonchev–Trinajstić information content (AvgIpc) is 2.15. The third kappa shape index (κ3) is 2.39. The molecule has 0 amide bonds. The van der Waals surface area contributed by atoms with E-state index in [0.29, 0.717) is 11.7 Å². The minimum absolute atomic E-state index is 0.0718. The van der Waals surface area contributed by atoms with Crippen LogP contribution in [0, 0.1) is 16.0 Å². The summed E-state index contributed by atoms with van der Waals surface area (Å²) in [7, 11) is 0. The first-order chi connectivity index (χ1) is 6.93. The van der Waals surface area contributed by atoms with Gasteiger partial charge >= 0.3 is 5.69 Å². The van der Waals surface area contributed by atoms with E-state index in [1.54, 1.807) is 0 Å². The Kier molecular flexibility index (Phi) is 3.18. The Bertz CT molecular complexity index is 378. The lowest BCUT2D eigenvalue weighted by molar-refractivity contribution is -0.384. The second-order valence-corrected chi connectivity index (χ2v) is 3.79. The summed E-state index contributed by atoms with van der Waals surface area (Å²) in [6.07, 6.45) is 1.16. The van der Waals surface area contributed by atoms with E-state index in [4.69, 9.17) is 5.73 Å². The molecule has 15 heavy (non-hydrogen) atoms. The molecule has 1 unspecified atom stereocenters. The lowest BCUT2D eigenvalue weighted by Gasteiger charge is -2.13. The normalized spacial score (nSPS) is 12.8. The van der Waals surface area contributed by atoms with E-state index in [9.17, 15) is 10.1 Å². The number of hydrogen-bond acceptors (Lipinski definition) is 5. The van der Waals surface area contributed by atoms with Crippen LogP contribution >= 0.6 is 0 Å². The largest absolute Gasteiger partial charge is 0.378 e. The number of hydrogen-bond donors (Lipinski definition) is 1. The summed E-state index contributed by atoms with van der Waals surface area (Å²) < 4.78 is 0. The molecule has 2 N–H and O–H groups in total. The van der Waals surface area contributed by atoms with Crippen molar-refractivity contribution in [3.63, 3.8) is 0 Å². The number of anilines is 1. The lowest BCUT2D eigenvalue weighted by Crippen LogP contribution is -2.10. The number of nitro groups is 1. The Morgan fingerprint density at radius 1 is 1.47 bits per heavy atom. The number of nitrogens with two attached hydrogens (primary N) is 1. The van der Waals surface area contributed by atoms with Crippen LogP contribution < -0.4 is 5.73 Å². The number of aromatic nitrogens is 2. The van der Waals surface area contributed by atoms with Crippen LogP contribution in [0.1, 0.15) is 32.5 Å². The molecule has 1 atom stereocenters. The minimum Gasteiger partial charge on any atom is -0.378 e. The van der Waals surface area contributed by atoms with Gasteiger partial charge in [-0.2, -0.15) is 0 Å². The van der Waals surface area contributed by atoms with E-state index in [0.717, 1.165) is 6.20 Å². The van der Waals surface area contributed by atoms with Gasteiger partial charge in [0.05, 0.1) is 4.92 Å². The molecule has 82 valence electrons. The third-order valence-corrected chi connectivity index (χ3v) is 2.42. The van der Waals surface area contributed by atoms with Crippen LogP contribution in [-0.2, 0) is 0 Å². The van der Waals surface area contributed by atoms with Crippen molar-refractivity contribution in [3.05, 3.63) is 22.1 Å². The minimum atomic E-state index is -0.584. The molecule has 0 aliphatic carbocycles. The fourth-order valence-electron chi connectivity index (χ4n) is 1.06. The second-order valence-electron chi connectivity index (χ2n) is 3.79. The first kappa shape index (κ1) is 11.4. The average molecular weight is 210 g/mol. The Morgan fingerprint density at radius 2 is 2.07 bits per heavy atom.